The lowest BCUT2D eigenvalue weighted by molar-refractivity contribution is -0.116. The number of fused-ring (bicyclic) bond motifs is 1. The van der Waals surface area contributed by atoms with Crippen molar-refractivity contribution < 1.29 is 14.4 Å². The summed E-state index contributed by atoms with van der Waals surface area (Å²) in [5.41, 5.74) is 1.48. The summed E-state index contributed by atoms with van der Waals surface area (Å²) >= 11 is 12.3. The number of anilines is 1. The van der Waals surface area contributed by atoms with E-state index >= 15 is 0 Å². The zero-order chi connectivity index (χ0) is 21.3. The zero-order valence-electron chi connectivity index (χ0n) is 15.6. The van der Waals surface area contributed by atoms with E-state index < -0.39 is 0 Å². The normalized spacial score (nSPS) is 12.9. The van der Waals surface area contributed by atoms with E-state index in [9.17, 15) is 14.4 Å². The van der Waals surface area contributed by atoms with Gasteiger partial charge in [-0.3, -0.25) is 19.3 Å². The predicted molar refractivity (Wildman–Crippen MR) is 113 cm³/mol. The monoisotopic (exact) mass is 442 g/mol. The Morgan fingerprint density at radius 2 is 1.67 bits per heavy atom. The first kappa shape index (κ1) is 20.1. The second kappa shape index (κ2) is 8.30. The Kier molecular flexibility index (Phi) is 5.57. The lowest BCUT2D eigenvalue weighted by Crippen LogP contribution is -2.33. The molecule has 1 aliphatic rings. The van der Waals surface area contributed by atoms with Gasteiger partial charge < -0.3 is 5.32 Å². The average molecular weight is 443 g/mol. The summed E-state index contributed by atoms with van der Waals surface area (Å²) in [5.74, 6) is -0.642. The molecule has 0 saturated carbocycles. The van der Waals surface area contributed by atoms with Crippen LogP contribution in [0, 0.1) is 0 Å². The van der Waals surface area contributed by atoms with Crippen molar-refractivity contribution in [3.8, 4) is 0 Å². The number of carbonyl (C=O) groups is 3. The molecule has 0 unspecified atom stereocenters. The van der Waals surface area contributed by atoms with E-state index in [1.54, 1.807) is 53.3 Å². The molecule has 3 amide bonds. The van der Waals surface area contributed by atoms with Crippen LogP contribution >= 0.6 is 23.2 Å². The Morgan fingerprint density at radius 1 is 0.967 bits per heavy atom. The summed E-state index contributed by atoms with van der Waals surface area (Å²) in [6, 6.07) is 13.6. The molecule has 0 aliphatic carbocycles. The summed E-state index contributed by atoms with van der Waals surface area (Å²) < 4.78 is 1.58. The molecule has 7 nitrogen and oxygen atoms in total. The van der Waals surface area contributed by atoms with Gasteiger partial charge in [0.2, 0.25) is 5.91 Å². The van der Waals surface area contributed by atoms with Gasteiger partial charge in [-0.05, 0) is 23.8 Å². The maximum atomic E-state index is 12.4. The summed E-state index contributed by atoms with van der Waals surface area (Å²) in [6.07, 6.45) is 1.52. The molecule has 152 valence electrons. The van der Waals surface area contributed by atoms with E-state index in [1.807, 2.05) is 6.07 Å². The van der Waals surface area contributed by atoms with E-state index in [4.69, 9.17) is 23.2 Å². The Balaban J connectivity index is 1.39. The Hall–Kier alpha value is -3.16. The number of rotatable bonds is 6. The Morgan fingerprint density at radius 3 is 2.37 bits per heavy atom. The number of aromatic nitrogens is 2. The predicted octanol–water partition coefficient (Wildman–Crippen LogP) is 3.86. The highest BCUT2D eigenvalue weighted by Crippen LogP contribution is 2.27. The molecule has 30 heavy (non-hydrogen) atoms. The number of hydrogen-bond donors (Lipinski definition) is 1. The van der Waals surface area contributed by atoms with Crippen LogP contribution in [0.5, 0.6) is 0 Å². The van der Waals surface area contributed by atoms with E-state index in [-0.39, 0.29) is 30.7 Å². The number of nitrogens with one attached hydrogen (secondary N) is 1. The standard InChI is InChI=1S/C21H16Cl2N4O3/c22-16-7-3-4-13(19(16)23)12-27-17(8-10-24-27)25-18(28)9-11-26-20(29)14-5-1-2-6-15(14)21(26)30/h1-8,10H,9,11-12H2,(H,25,28). The molecule has 0 spiro atoms. The second-order valence-corrected chi connectivity index (χ2v) is 7.48. The minimum Gasteiger partial charge on any atom is -0.311 e. The molecule has 2 heterocycles. The second-order valence-electron chi connectivity index (χ2n) is 6.69. The largest absolute Gasteiger partial charge is 0.311 e. The van der Waals surface area contributed by atoms with Crippen molar-refractivity contribution in [2.45, 2.75) is 13.0 Å². The number of benzene rings is 2. The SMILES string of the molecule is O=C(CCN1C(=O)c2ccccc2C1=O)Nc1ccnn1Cc1cccc(Cl)c1Cl. The van der Waals surface area contributed by atoms with Crippen molar-refractivity contribution in [3.05, 3.63) is 81.5 Å². The smallest absolute Gasteiger partial charge is 0.261 e. The summed E-state index contributed by atoms with van der Waals surface area (Å²) in [5, 5.41) is 7.83. The number of imide groups is 1. The van der Waals surface area contributed by atoms with Gasteiger partial charge in [0.25, 0.3) is 11.8 Å². The van der Waals surface area contributed by atoms with Gasteiger partial charge in [0.05, 0.1) is 33.9 Å². The first-order valence-electron chi connectivity index (χ1n) is 9.15. The Bertz CT molecular complexity index is 1120. The van der Waals surface area contributed by atoms with Crippen molar-refractivity contribution >= 4 is 46.7 Å². The molecular formula is C21H16Cl2N4O3. The molecule has 0 saturated heterocycles. The van der Waals surface area contributed by atoms with Crippen LogP contribution in [0.25, 0.3) is 0 Å². The van der Waals surface area contributed by atoms with Crippen molar-refractivity contribution in [1.82, 2.24) is 14.7 Å². The van der Waals surface area contributed by atoms with Crippen molar-refractivity contribution in [2.24, 2.45) is 0 Å². The van der Waals surface area contributed by atoms with Crippen LogP contribution in [0.3, 0.4) is 0 Å². The van der Waals surface area contributed by atoms with Crippen molar-refractivity contribution in [2.75, 3.05) is 11.9 Å². The molecule has 4 rings (SSSR count). The third kappa shape index (κ3) is 3.81. The molecule has 9 heteroatoms. The van der Waals surface area contributed by atoms with Crippen LogP contribution in [0.2, 0.25) is 10.0 Å². The number of hydrogen-bond acceptors (Lipinski definition) is 4. The van der Waals surface area contributed by atoms with Crippen LogP contribution in [0.15, 0.2) is 54.7 Å². The van der Waals surface area contributed by atoms with Gasteiger partial charge in [-0.1, -0.05) is 47.5 Å². The molecule has 1 aromatic heterocycles. The van der Waals surface area contributed by atoms with Gasteiger partial charge in [-0.2, -0.15) is 5.10 Å². The minimum absolute atomic E-state index is 0.00750. The van der Waals surface area contributed by atoms with E-state index in [0.29, 0.717) is 33.5 Å². The molecule has 0 bridgehead atoms. The molecule has 1 N–H and O–H groups in total. The van der Waals surface area contributed by atoms with Crippen LogP contribution in [0.4, 0.5) is 5.82 Å². The highest BCUT2D eigenvalue weighted by atomic mass is 35.5. The van der Waals surface area contributed by atoms with E-state index in [0.717, 1.165) is 10.5 Å². The fourth-order valence-corrected chi connectivity index (χ4v) is 3.64. The molecule has 1 aliphatic heterocycles. The fraction of sp³-hybridized carbons (Fsp3) is 0.143. The molecule has 2 aromatic carbocycles. The third-order valence-corrected chi connectivity index (χ3v) is 5.63. The maximum absolute atomic E-state index is 12.4. The van der Waals surface area contributed by atoms with Gasteiger partial charge in [0.1, 0.15) is 5.82 Å². The average Bonchev–Trinajstić information content (AvgIpc) is 3.27. The summed E-state index contributed by atoms with van der Waals surface area (Å²) in [4.78, 5) is 38.3. The fourth-order valence-electron chi connectivity index (χ4n) is 3.26. The molecule has 0 radical (unpaired) electrons. The van der Waals surface area contributed by atoms with Gasteiger partial charge in [0.15, 0.2) is 0 Å². The molecule has 3 aromatic rings. The quantitative estimate of drug-likeness (QED) is 0.587. The van der Waals surface area contributed by atoms with Gasteiger partial charge in [0, 0.05) is 19.0 Å². The zero-order valence-corrected chi connectivity index (χ0v) is 17.2. The Labute approximate surface area is 182 Å². The van der Waals surface area contributed by atoms with Crippen LogP contribution in [0.1, 0.15) is 32.7 Å². The molecular weight excluding hydrogens is 427 g/mol. The van der Waals surface area contributed by atoms with Crippen molar-refractivity contribution in [3.63, 3.8) is 0 Å². The number of carbonyl (C=O) groups excluding carboxylic acids is 3. The van der Waals surface area contributed by atoms with Gasteiger partial charge in [-0.15, -0.1) is 0 Å². The molecule has 0 fully saturated rings. The highest BCUT2D eigenvalue weighted by Gasteiger charge is 2.35. The first-order chi connectivity index (χ1) is 14.5. The van der Waals surface area contributed by atoms with E-state index in [2.05, 4.69) is 10.4 Å². The lowest BCUT2D eigenvalue weighted by atomic mass is 10.1. The topological polar surface area (TPSA) is 84.3 Å². The van der Waals surface area contributed by atoms with Gasteiger partial charge >= 0.3 is 0 Å². The maximum Gasteiger partial charge on any atom is 0.261 e. The van der Waals surface area contributed by atoms with Crippen molar-refractivity contribution in [1.29, 1.82) is 0 Å². The molecule has 0 atom stereocenters. The summed E-state index contributed by atoms with van der Waals surface area (Å²) in [6.45, 7) is 0.312. The van der Waals surface area contributed by atoms with Crippen LogP contribution < -0.4 is 5.32 Å². The number of nitrogens with zero attached hydrogens (tertiary/aromatic N) is 3. The minimum atomic E-state index is -0.385. The van der Waals surface area contributed by atoms with E-state index in [1.165, 1.54) is 0 Å². The summed E-state index contributed by atoms with van der Waals surface area (Å²) in [7, 11) is 0. The number of halogens is 2. The highest BCUT2D eigenvalue weighted by molar-refractivity contribution is 6.42. The lowest BCUT2D eigenvalue weighted by Gasteiger charge is -2.14. The number of amides is 3. The van der Waals surface area contributed by atoms with Crippen LogP contribution in [-0.4, -0.2) is 38.9 Å². The third-order valence-electron chi connectivity index (χ3n) is 4.78. The first-order valence-corrected chi connectivity index (χ1v) is 9.91. The van der Waals surface area contributed by atoms with Crippen LogP contribution in [-0.2, 0) is 11.3 Å². The van der Waals surface area contributed by atoms with Gasteiger partial charge in [-0.25, -0.2) is 4.68 Å².